The summed E-state index contributed by atoms with van der Waals surface area (Å²) in [6.07, 6.45) is 2.36. The first kappa shape index (κ1) is 12.5. The monoisotopic (exact) mass is 224 g/mol. The van der Waals surface area contributed by atoms with Crippen molar-refractivity contribution in [1.82, 2.24) is 0 Å². The Morgan fingerprint density at radius 3 is 2.69 bits per heavy atom. The molecule has 4 heteroatoms. The summed E-state index contributed by atoms with van der Waals surface area (Å²) >= 11 is 0. The van der Waals surface area contributed by atoms with Gasteiger partial charge in [0.1, 0.15) is 11.3 Å². The second kappa shape index (κ2) is 6.12. The Hall–Kier alpha value is -1.55. The molecule has 1 aromatic rings. The van der Waals surface area contributed by atoms with Crippen molar-refractivity contribution < 1.29 is 19.7 Å². The molecule has 0 aliphatic carbocycles. The van der Waals surface area contributed by atoms with Crippen molar-refractivity contribution in [1.29, 1.82) is 0 Å². The molecule has 0 amide bonds. The van der Waals surface area contributed by atoms with Crippen LogP contribution in [0.5, 0.6) is 5.75 Å². The molecule has 16 heavy (non-hydrogen) atoms. The average Bonchev–Trinajstić information content (AvgIpc) is 2.29. The minimum Gasteiger partial charge on any atom is -0.507 e. The summed E-state index contributed by atoms with van der Waals surface area (Å²) in [6, 6.07) is 4.89. The van der Waals surface area contributed by atoms with Crippen molar-refractivity contribution in [2.24, 2.45) is 0 Å². The lowest BCUT2D eigenvalue weighted by Crippen LogP contribution is -2.01. The highest BCUT2D eigenvalue weighted by molar-refractivity contribution is 5.92. The fraction of sp³-hybridized carbons (Fsp3) is 0.417. The molecule has 0 spiro atoms. The lowest BCUT2D eigenvalue weighted by atomic mass is 10.1. The number of aryl methyl sites for hydroxylation is 1. The molecule has 4 nitrogen and oxygen atoms in total. The highest BCUT2D eigenvalue weighted by Gasteiger charge is 2.11. The summed E-state index contributed by atoms with van der Waals surface area (Å²) in [5, 5.41) is 18.2. The molecule has 0 fully saturated rings. The summed E-state index contributed by atoms with van der Waals surface area (Å²) in [6.45, 7) is 0.173. The Bertz CT molecular complexity index is 360. The SMILES string of the molecule is COC(=O)c1ccc(CCCCO)cc1O. The predicted octanol–water partition coefficient (Wildman–Crippen LogP) is 1.49. The smallest absolute Gasteiger partial charge is 0.341 e. The van der Waals surface area contributed by atoms with Crippen LogP contribution in [0, 0.1) is 0 Å². The van der Waals surface area contributed by atoms with Crippen LogP contribution >= 0.6 is 0 Å². The molecule has 0 radical (unpaired) electrons. The van der Waals surface area contributed by atoms with Gasteiger partial charge in [-0.3, -0.25) is 0 Å². The number of phenols is 1. The van der Waals surface area contributed by atoms with E-state index in [0.717, 1.165) is 24.8 Å². The topological polar surface area (TPSA) is 66.8 Å². The molecule has 0 bridgehead atoms. The number of aliphatic hydroxyl groups excluding tert-OH is 1. The molecule has 0 saturated carbocycles. The fourth-order valence-corrected chi connectivity index (χ4v) is 1.46. The summed E-state index contributed by atoms with van der Waals surface area (Å²) in [5.74, 6) is -0.604. The summed E-state index contributed by atoms with van der Waals surface area (Å²) < 4.78 is 4.52. The molecular formula is C12H16O4. The van der Waals surface area contributed by atoms with Gasteiger partial charge < -0.3 is 14.9 Å². The number of aromatic hydroxyl groups is 1. The van der Waals surface area contributed by atoms with Crippen LogP contribution in [0.25, 0.3) is 0 Å². The predicted molar refractivity (Wildman–Crippen MR) is 59.5 cm³/mol. The number of carbonyl (C=O) groups is 1. The Kier molecular flexibility index (Phi) is 4.79. The van der Waals surface area contributed by atoms with Crippen molar-refractivity contribution >= 4 is 5.97 Å². The quantitative estimate of drug-likeness (QED) is 0.587. The van der Waals surface area contributed by atoms with Gasteiger partial charge in [-0.25, -0.2) is 4.79 Å². The summed E-state index contributed by atoms with van der Waals surface area (Å²) in [5.41, 5.74) is 1.12. The minimum absolute atomic E-state index is 0.0617. The van der Waals surface area contributed by atoms with Gasteiger partial charge in [0.2, 0.25) is 0 Å². The van der Waals surface area contributed by atoms with Crippen molar-refractivity contribution in [2.45, 2.75) is 19.3 Å². The first-order valence-corrected chi connectivity index (χ1v) is 5.20. The lowest BCUT2D eigenvalue weighted by Gasteiger charge is -2.05. The van der Waals surface area contributed by atoms with E-state index >= 15 is 0 Å². The van der Waals surface area contributed by atoms with Crippen molar-refractivity contribution in [3.05, 3.63) is 29.3 Å². The summed E-state index contributed by atoms with van der Waals surface area (Å²) in [7, 11) is 1.27. The molecule has 0 heterocycles. The number of hydrogen-bond acceptors (Lipinski definition) is 4. The molecule has 1 rings (SSSR count). The number of benzene rings is 1. The van der Waals surface area contributed by atoms with Gasteiger partial charge in [-0.15, -0.1) is 0 Å². The van der Waals surface area contributed by atoms with Crippen molar-refractivity contribution in [3.63, 3.8) is 0 Å². The van der Waals surface area contributed by atoms with E-state index in [9.17, 15) is 9.90 Å². The van der Waals surface area contributed by atoms with Gasteiger partial charge in [-0.1, -0.05) is 6.07 Å². The van der Waals surface area contributed by atoms with Crippen LogP contribution in [-0.4, -0.2) is 29.9 Å². The van der Waals surface area contributed by atoms with E-state index in [0.29, 0.717) is 0 Å². The molecule has 0 unspecified atom stereocenters. The molecule has 0 saturated heterocycles. The van der Waals surface area contributed by atoms with Crippen LogP contribution in [0.4, 0.5) is 0 Å². The Labute approximate surface area is 94.5 Å². The van der Waals surface area contributed by atoms with E-state index < -0.39 is 5.97 Å². The van der Waals surface area contributed by atoms with E-state index in [-0.39, 0.29) is 17.9 Å². The van der Waals surface area contributed by atoms with E-state index in [1.54, 1.807) is 18.2 Å². The maximum Gasteiger partial charge on any atom is 0.341 e. The molecule has 0 aliphatic heterocycles. The third kappa shape index (κ3) is 3.24. The zero-order valence-corrected chi connectivity index (χ0v) is 9.27. The average molecular weight is 224 g/mol. The van der Waals surface area contributed by atoms with Crippen molar-refractivity contribution in [3.8, 4) is 5.75 Å². The summed E-state index contributed by atoms with van der Waals surface area (Å²) in [4.78, 5) is 11.2. The number of hydrogen-bond donors (Lipinski definition) is 2. The number of unbranched alkanes of at least 4 members (excludes halogenated alkanes) is 1. The highest BCUT2D eigenvalue weighted by atomic mass is 16.5. The van der Waals surface area contributed by atoms with Gasteiger partial charge in [-0.2, -0.15) is 0 Å². The van der Waals surface area contributed by atoms with Gasteiger partial charge >= 0.3 is 5.97 Å². The molecule has 2 N–H and O–H groups in total. The number of aliphatic hydroxyl groups is 1. The largest absolute Gasteiger partial charge is 0.507 e. The standard InChI is InChI=1S/C12H16O4/c1-16-12(15)10-6-5-9(8-11(10)14)4-2-3-7-13/h5-6,8,13-14H,2-4,7H2,1H3. The van der Waals surface area contributed by atoms with E-state index in [1.165, 1.54) is 7.11 Å². The zero-order chi connectivity index (χ0) is 12.0. The third-order valence-electron chi connectivity index (χ3n) is 2.34. The van der Waals surface area contributed by atoms with Crippen LogP contribution in [0.1, 0.15) is 28.8 Å². The maximum atomic E-state index is 11.2. The van der Waals surface area contributed by atoms with Crippen LogP contribution in [0.2, 0.25) is 0 Å². The molecule has 0 atom stereocenters. The molecule has 88 valence electrons. The highest BCUT2D eigenvalue weighted by Crippen LogP contribution is 2.20. The van der Waals surface area contributed by atoms with Gasteiger partial charge in [0.15, 0.2) is 0 Å². The minimum atomic E-state index is -0.542. The van der Waals surface area contributed by atoms with Crippen LogP contribution in [-0.2, 0) is 11.2 Å². The third-order valence-corrected chi connectivity index (χ3v) is 2.34. The van der Waals surface area contributed by atoms with E-state index in [4.69, 9.17) is 5.11 Å². The second-order valence-electron chi connectivity index (χ2n) is 3.52. The van der Waals surface area contributed by atoms with Crippen LogP contribution in [0.15, 0.2) is 18.2 Å². The number of rotatable bonds is 5. The Morgan fingerprint density at radius 2 is 2.12 bits per heavy atom. The zero-order valence-electron chi connectivity index (χ0n) is 9.27. The second-order valence-corrected chi connectivity index (χ2v) is 3.52. The molecule has 0 aliphatic rings. The van der Waals surface area contributed by atoms with E-state index in [2.05, 4.69) is 4.74 Å². The number of ether oxygens (including phenoxy) is 1. The van der Waals surface area contributed by atoms with Gasteiger partial charge in [0.05, 0.1) is 7.11 Å². The first-order chi connectivity index (χ1) is 7.69. The van der Waals surface area contributed by atoms with Crippen molar-refractivity contribution in [2.75, 3.05) is 13.7 Å². The fourth-order valence-electron chi connectivity index (χ4n) is 1.46. The number of methoxy groups -OCH3 is 1. The van der Waals surface area contributed by atoms with E-state index in [1.807, 2.05) is 0 Å². The molecule has 0 aromatic heterocycles. The Morgan fingerprint density at radius 1 is 1.38 bits per heavy atom. The van der Waals surface area contributed by atoms with Crippen LogP contribution in [0.3, 0.4) is 0 Å². The first-order valence-electron chi connectivity index (χ1n) is 5.20. The van der Waals surface area contributed by atoms with Gasteiger partial charge in [0, 0.05) is 6.61 Å². The van der Waals surface area contributed by atoms with Crippen LogP contribution < -0.4 is 0 Å². The Balaban J connectivity index is 2.71. The van der Waals surface area contributed by atoms with Gasteiger partial charge in [-0.05, 0) is 37.0 Å². The molecular weight excluding hydrogens is 208 g/mol. The molecule has 1 aromatic carbocycles. The van der Waals surface area contributed by atoms with Gasteiger partial charge in [0.25, 0.3) is 0 Å². The number of phenolic OH excluding ortho intramolecular Hbond substituents is 1. The number of esters is 1. The normalized spacial score (nSPS) is 10.1. The maximum absolute atomic E-state index is 11.2. The number of carbonyl (C=O) groups excluding carboxylic acids is 1. The lowest BCUT2D eigenvalue weighted by molar-refractivity contribution is 0.0597.